The Hall–Kier alpha value is -1.39. The van der Waals surface area contributed by atoms with E-state index in [4.69, 9.17) is 0 Å². The van der Waals surface area contributed by atoms with E-state index in [2.05, 4.69) is 27.7 Å². The lowest BCUT2D eigenvalue weighted by molar-refractivity contribution is -0.121. The van der Waals surface area contributed by atoms with Crippen LogP contribution in [0.25, 0.3) is 0 Å². The number of nitrogens with zero attached hydrogens (tertiary/aromatic N) is 1. The highest BCUT2D eigenvalue weighted by Crippen LogP contribution is 2.27. The molecule has 4 nitrogen and oxygen atoms in total. The third kappa shape index (κ3) is 4.82. The van der Waals surface area contributed by atoms with Crippen LogP contribution >= 0.6 is 0 Å². The van der Waals surface area contributed by atoms with E-state index < -0.39 is 0 Å². The smallest absolute Gasteiger partial charge is 0.234 e. The van der Waals surface area contributed by atoms with E-state index in [0.717, 1.165) is 32.1 Å². The normalized spacial score (nSPS) is 20.0. The van der Waals surface area contributed by atoms with Crippen molar-refractivity contribution >= 4 is 5.91 Å². The van der Waals surface area contributed by atoms with Gasteiger partial charge in [-0.1, -0.05) is 30.3 Å². The maximum absolute atomic E-state index is 12.2. The van der Waals surface area contributed by atoms with Crippen molar-refractivity contribution in [2.24, 2.45) is 5.92 Å². The van der Waals surface area contributed by atoms with E-state index in [1.807, 2.05) is 18.2 Å². The minimum atomic E-state index is 0.0922. The average molecular weight is 301 g/mol. The minimum absolute atomic E-state index is 0.0922. The van der Waals surface area contributed by atoms with Gasteiger partial charge in [-0.05, 0) is 56.8 Å². The second-order valence-electron chi connectivity index (χ2n) is 6.61. The lowest BCUT2D eigenvalue weighted by Gasteiger charge is -2.25. The van der Waals surface area contributed by atoms with E-state index in [-0.39, 0.29) is 11.9 Å². The van der Waals surface area contributed by atoms with Gasteiger partial charge < -0.3 is 15.5 Å². The van der Waals surface area contributed by atoms with Gasteiger partial charge in [0.25, 0.3) is 0 Å². The number of nitrogens with one attached hydrogen (secondary N) is 2. The van der Waals surface area contributed by atoms with Gasteiger partial charge in [-0.15, -0.1) is 0 Å². The molecule has 2 aliphatic rings. The first-order chi connectivity index (χ1) is 10.8. The summed E-state index contributed by atoms with van der Waals surface area (Å²) >= 11 is 0. The first kappa shape index (κ1) is 15.5. The van der Waals surface area contributed by atoms with Crippen molar-refractivity contribution < 1.29 is 4.79 Å². The zero-order valence-corrected chi connectivity index (χ0v) is 13.3. The fraction of sp³-hybridized carbons (Fsp3) is 0.611. The molecule has 1 aliphatic heterocycles. The highest BCUT2D eigenvalue weighted by Gasteiger charge is 2.22. The van der Waals surface area contributed by atoms with Crippen molar-refractivity contribution in [1.29, 1.82) is 0 Å². The molecule has 120 valence electrons. The number of rotatable bonds is 8. The molecule has 0 radical (unpaired) electrons. The highest BCUT2D eigenvalue weighted by molar-refractivity contribution is 5.78. The van der Waals surface area contributed by atoms with Gasteiger partial charge in [0.1, 0.15) is 0 Å². The summed E-state index contributed by atoms with van der Waals surface area (Å²) in [5.41, 5.74) is 1.20. The third-order valence-corrected chi connectivity index (χ3v) is 4.59. The number of amides is 1. The fourth-order valence-electron chi connectivity index (χ4n) is 3.10. The van der Waals surface area contributed by atoms with E-state index >= 15 is 0 Å². The van der Waals surface area contributed by atoms with Crippen LogP contribution in [-0.2, 0) is 4.79 Å². The van der Waals surface area contributed by atoms with Crippen molar-refractivity contribution in [2.45, 2.75) is 31.7 Å². The lowest BCUT2D eigenvalue weighted by atomic mass is 10.1. The Labute approximate surface area is 133 Å². The Morgan fingerprint density at radius 3 is 2.59 bits per heavy atom. The summed E-state index contributed by atoms with van der Waals surface area (Å²) < 4.78 is 0. The van der Waals surface area contributed by atoms with Crippen molar-refractivity contribution in [3.63, 3.8) is 0 Å². The molecule has 1 saturated carbocycles. The molecule has 1 unspecified atom stereocenters. The van der Waals surface area contributed by atoms with Crippen molar-refractivity contribution in [1.82, 2.24) is 15.5 Å². The van der Waals surface area contributed by atoms with Crippen LogP contribution in [0.4, 0.5) is 0 Å². The summed E-state index contributed by atoms with van der Waals surface area (Å²) in [6.45, 7) is 4.63. The molecular weight excluding hydrogens is 274 g/mol. The summed E-state index contributed by atoms with van der Waals surface area (Å²) in [4.78, 5) is 14.7. The largest absolute Gasteiger partial charge is 0.347 e. The van der Waals surface area contributed by atoms with Crippen LogP contribution in [0.1, 0.15) is 37.3 Å². The van der Waals surface area contributed by atoms with Gasteiger partial charge in [-0.25, -0.2) is 0 Å². The van der Waals surface area contributed by atoms with Crippen LogP contribution in [0.15, 0.2) is 30.3 Å². The summed E-state index contributed by atoms with van der Waals surface area (Å²) in [5.74, 6) is 0.913. The van der Waals surface area contributed by atoms with Gasteiger partial charge in [0.15, 0.2) is 0 Å². The Kier molecular flexibility index (Phi) is 5.46. The number of carbonyl (C=O) groups excluding carboxylic acids is 1. The molecule has 22 heavy (non-hydrogen) atoms. The molecule has 4 heteroatoms. The molecule has 1 aromatic rings. The predicted molar refractivity (Wildman–Crippen MR) is 88.6 cm³/mol. The second kappa shape index (κ2) is 7.75. The zero-order chi connectivity index (χ0) is 15.2. The molecule has 1 saturated heterocycles. The van der Waals surface area contributed by atoms with Crippen LogP contribution in [0.3, 0.4) is 0 Å². The molecule has 3 rings (SSSR count). The molecule has 2 N–H and O–H groups in total. The van der Waals surface area contributed by atoms with Crippen LogP contribution < -0.4 is 10.6 Å². The SMILES string of the molecule is O=C(CNCC1CC1)NC(CN1CCCC1)c1ccccc1. The van der Waals surface area contributed by atoms with Gasteiger partial charge in [0.05, 0.1) is 12.6 Å². The van der Waals surface area contributed by atoms with Gasteiger partial charge in [-0.3, -0.25) is 4.79 Å². The average Bonchev–Trinajstić information content (AvgIpc) is 3.22. The van der Waals surface area contributed by atoms with Gasteiger partial charge in [0, 0.05) is 6.54 Å². The van der Waals surface area contributed by atoms with Gasteiger partial charge >= 0.3 is 0 Å². The quantitative estimate of drug-likeness (QED) is 0.771. The van der Waals surface area contributed by atoms with Crippen LogP contribution in [0.2, 0.25) is 0 Å². The van der Waals surface area contributed by atoms with E-state index in [0.29, 0.717) is 6.54 Å². The summed E-state index contributed by atoms with van der Waals surface area (Å²) in [5, 5.41) is 6.48. The molecule has 0 bridgehead atoms. The van der Waals surface area contributed by atoms with E-state index in [9.17, 15) is 4.79 Å². The standard InChI is InChI=1S/C18H27N3O/c22-18(13-19-12-15-8-9-15)20-17(14-21-10-4-5-11-21)16-6-2-1-3-7-16/h1-3,6-7,15,17,19H,4-5,8-14H2,(H,20,22). The summed E-state index contributed by atoms with van der Waals surface area (Å²) in [6.07, 6.45) is 5.18. The summed E-state index contributed by atoms with van der Waals surface area (Å²) in [7, 11) is 0. The third-order valence-electron chi connectivity index (χ3n) is 4.59. The van der Waals surface area contributed by atoms with Gasteiger partial charge in [0.2, 0.25) is 5.91 Å². The monoisotopic (exact) mass is 301 g/mol. The molecule has 0 spiro atoms. The van der Waals surface area contributed by atoms with Crippen molar-refractivity contribution in [3.8, 4) is 0 Å². The molecule has 2 fully saturated rings. The predicted octanol–water partition coefficient (Wildman–Crippen LogP) is 1.94. The fourth-order valence-corrected chi connectivity index (χ4v) is 3.10. The molecule has 1 atom stereocenters. The topological polar surface area (TPSA) is 44.4 Å². The number of benzene rings is 1. The molecular formula is C18H27N3O. The molecule has 0 aromatic heterocycles. The number of carbonyl (C=O) groups is 1. The maximum atomic E-state index is 12.2. The molecule has 1 amide bonds. The summed E-state index contributed by atoms with van der Waals surface area (Å²) in [6, 6.07) is 10.4. The Balaban J connectivity index is 1.53. The Morgan fingerprint density at radius 2 is 1.91 bits per heavy atom. The number of likely N-dealkylation sites (tertiary alicyclic amines) is 1. The minimum Gasteiger partial charge on any atom is -0.347 e. The van der Waals surface area contributed by atoms with Crippen molar-refractivity contribution in [3.05, 3.63) is 35.9 Å². The second-order valence-corrected chi connectivity index (χ2v) is 6.61. The van der Waals surface area contributed by atoms with Gasteiger partial charge in [-0.2, -0.15) is 0 Å². The molecule has 1 aliphatic carbocycles. The first-order valence-electron chi connectivity index (χ1n) is 8.58. The molecule has 1 aromatic carbocycles. The highest BCUT2D eigenvalue weighted by atomic mass is 16.2. The lowest BCUT2D eigenvalue weighted by Crippen LogP contribution is -2.41. The van der Waals surface area contributed by atoms with Crippen LogP contribution in [0, 0.1) is 5.92 Å². The van der Waals surface area contributed by atoms with Crippen molar-refractivity contribution in [2.75, 3.05) is 32.7 Å². The van der Waals surface area contributed by atoms with E-state index in [1.54, 1.807) is 0 Å². The number of hydrogen-bond donors (Lipinski definition) is 2. The molecule has 1 heterocycles. The zero-order valence-electron chi connectivity index (χ0n) is 13.3. The van der Waals surface area contributed by atoms with Crippen LogP contribution in [-0.4, -0.2) is 43.5 Å². The first-order valence-corrected chi connectivity index (χ1v) is 8.58. The van der Waals surface area contributed by atoms with E-state index in [1.165, 1.54) is 31.2 Å². The van der Waals surface area contributed by atoms with Crippen LogP contribution in [0.5, 0.6) is 0 Å². The maximum Gasteiger partial charge on any atom is 0.234 e. The Morgan fingerprint density at radius 1 is 1.18 bits per heavy atom. The number of hydrogen-bond acceptors (Lipinski definition) is 3. The Bertz CT molecular complexity index is 466.